The van der Waals surface area contributed by atoms with E-state index in [9.17, 15) is 69.2 Å². The van der Waals surface area contributed by atoms with E-state index in [0.29, 0.717) is 0 Å². The van der Waals surface area contributed by atoms with E-state index in [1.807, 2.05) is 0 Å². The summed E-state index contributed by atoms with van der Waals surface area (Å²) in [4.78, 5) is 105. The number of hydrogen-bond acceptors (Lipinski definition) is 16. The Kier molecular flexibility index (Phi) is 15.8. The lowest BCUT2D eigenvalue weighted by Crippen LogP contribution is -2.43. The molecule has 4 aromatic rings. The Morgan fingerprint density at radius 1 is 0.469 bits per heavy atom. The molecule has 4 aliphatic heterocycles. The van der Waals surface area contributed by atoms with Gasteiger partial charge in [-0.2, -0.15) is 0 Å². The Hall–Kier alpha value is -8.12. The fraction of sp³-hybridized carbons (Fsp3) is 0.300. The maximum absolute atomic E-state index is 13.1. The average Bonchev–Trinajstić information content (AvgIpc) is 3.26. The fourth-order valence-corrected chi connectivity index (χ4v) is 6.40. The Bertz CT molecular complexity index is 2280. The number of nitrogens with zero attached hydrogens (tertiary/aromatic N) is 4. The molecule has 12 N–H and O–H groups in total. The number of phenolic OH excluding ortho intramolecular Hbond substituents is 4. The molecule has 0 unspecified atom stereocenters. The number of amides is 6. The molecule has 6 amide bonds. The van der Waals surface area contributed by atoms with Crippen LogP contribution in [-0.2, 0) is 0 Å². The number of aromatic hydroxyl groups is 4. The molecule has 8 rings (SSSR count). The van der Waals surface area contributed by atoms with Crippen molar-refractivity contribution in [2.75, 3.05) is 78.5 Å². The third-order valence-corrected chi connectivity index (χ3v) is 9.89. The second-order valence-electron chi connectivity index (χ2n) is 14.1. The number of benzene rings is 2. The number of rotatable bonds is 8. The Morgan fingerprint density at radius 3 is 1.03 bits per heavy atom. The van der Waals surface area contributed by atoms with E-state index in [2.05, 4.69) is 31.9 Å². The first kappa shape index (κ1) is 46.9. The highest BCUT2D eigenvalue weighted by Gasteiger charge is 2.24. The molecular formula is C40H46N10O14. The topological polar surface area (TPSA) is 346 Å². The highest BCUT2D eigenvalue weighted by atomic mass is 16.5. The maximum atomic E-state index is 13.1. The molecule has 24 nitrogen and oxygen atoms in total. The highest BCUT2D eigenvalue weighted by Crippen LogP contribution is 2.33. The van der Waals surface area contributed by atoms with Crippen LogP contribution in [0.25, 0.3) is 0 Å². The number of aromatic nitrogens is 2. The van der Waals surface area contributed by atoms with Crippen LogP contribution in [0.5, 0.6) is 23.0 Å². The normalized spacial score (nSPS) is 15.1. The van der Waals surface area contributed by atoms with Crippen molar-refractivity contribution < 1.29 is 59.6 Å². The van der Waals surface area contributed by atoms with E-state index in [1.54, 1.807) is 9.80 Å². The van der Waals surface area contributed by atoms with Gasteiger partial charge in [0.2, 0.25) is 0 Å². The Labute approximate surface area is 362 Å². The minimum Gasteiger partial charge on any atom is -0.504 e. The van der Waals surface area contributed by atoms with Gasteiger partial charge in [-0.25, -0.2) is 0 Å². The first-order chi connectivity index (χ1) is 30.6. The molecule has 340 valence electrons. The van der Waals surface area contributed by atoms with Crippen molar-refractivity contribution in [3.8, 4) is 23.0 Å². The molecule has 0 aliphatic carbocycles. The van der Waals surface area contributed by atoms with Gasteiger partial charge in [-0.05, 0) is 36.4 Å². The van der Waals surface area contributed by atoms with Crippen molar-refractivity contribution in [2.24, 2.45) is 0 Å². The van der Waals surface area contributed by atoms with Gasteiger partial charge in [0.15, 0.2) is 23.0 Å². The standard InChI is InChI=1S/C40H46N10O14/c51-29-5-1-3-27(49(29)63)39(61)45-15-21-47-17-11-41-35(57)23-7-9-25(33(55)31(23)53)37(59)43-13-19-48(22-16-46-40(62)28-4-2-6-30(52)50(28)64)20-14-44-38(60)26-10-8-24(32(54)34(26)56)36(58)42-12-18-47/h1-10,53-56,63-64H,11-22H2,(H,41,57)(H,42,58)(H,43,59)(H,44,60)(H,45,61)(H,46,62). The summed E-state index contributed by atoms with van der Waals surface area (Å²) in [6, 6.07) is 11.7. The first-order valence-corrected chi connectivity index (χ1v) is 19.6. The molecular weight excluding hydrogens is 844 g/mol. The summed E-state index contributed by atoms with van der Waals surface area (Å²) in [6.45, 7) is 0.133. The van der Waals surface area contributed by atoms with E-state index >= 15 is 0 Å². The second kappa shape index (κ2) is 21.6. The third-order valence-electron chi connectivity index (χ3n) is 9.89. The van der Waals surface area contributed by atoms with Crippen LogP contribution in [0.3, 0.4) is 0 Å². The number of nitrogens with one attached hydrogen (secondary N) is 6. The number of phenols is 4. The van der Waals surface area contributed by atoms with E-state index in [1.165, 1.54) is 24.3 Å². The van der Waals surface area contributed by atoms with Gasteiger partial charge in [-0.3, -0.25) is 48.2 Å². The molecule has 0 fully saturated rings. The molecule has 4 bridgehead atoms. The molecule has 0 saturated heterocycles. The van der Waals surface area contributed by atoms with Crippen LogP contribution in [0.15, 0.2) is 70.3 Å². The first-order valence-electron chi connectivity index (χ1n) is 19.6. The minimum absolute atomic E-state index is 0.0401. The van der Waals surface area contributed by atoms with Crippen molar-refractivity contribution in [1.82, 2.24) is 51.2 Å². The van der Waals surface area contributed by atoms with Gasteiger partial charge >= 0.3 is 0 Å². The minimum atomic E-state index is -0.876. The third kappa shape index (κ3) is 11.6. The van der Waals surface area contributed by atoms with Gasteiger partial charge in [0.05, 0.1) is 22.3 Å². The van der Waals surface area contributed by atoms with Crippen molar-refractivity contribution in [1.29, 1.82) is 0 Å². The molecule has 2 aromatic heterocycles. The largest absolute Gasteiger partial charge is 0.504 e. The zero-order valence-electron chi connectivity index (χ0n) is 34.0. The van der Waals surface area contributed by atoms with Crippen molar-refractivity contribution >= 4 is 35.4 Å². The summed E-state index contributed by atoms with van der Waals surface area (Å²) < 4.78 is 0.368. The van der Waals surface area contributed by atoms with Crippen molar-refractivity contribution in [3.05, 3.63) is 115 Å². The lowest BCUT2D eigenvalue weighted by molar-refractivity contribution is 0.0875. The molecule has 6 heterocycles. The molecule has 24 heteroatoms. The summed E-state index contributed by atoms with van der Waals surface area (Å²) in [5.41, 5.74) is -3.75. The smallest absolute Gasteiger partial charge is 0.283 e. The van der Waals surface area contributed by atoms with Gasteiger partial charge in [0.1, 0.15) is 11.4 Å². The van der Waals surface area contributed by atoms with Crippen LogP contribution in [-0.4, -0.2) is 164 Å². The van der Waals surface area contributed by atoms with Gasteiger partial charge in [0.25, 0.3) is 46.6 Å². The molecule has 0 atom stereocenters. The molecule has 0 saturated carbocycles. The maximum Gasteiger partial charge on any atom is 0.283 e. The second-order valence-corrected chi connectivity index (χ2v) is 14.1. The van der Waals surface area contributed by atoms with Gasteiger partial charge < -0.3 is 62.7 Å². The number of hydrogen-bond donors (Lipinski definition) is 12. The highest BCUT2D eigenvalue weighted by molar-refractivity contribution is 6.04. The monoisotopic (exact) mass is 890 g/mol. The van der Waals surface area contributed by atoms with E-state index in [0.717, 1.165) is 36.4 Å². The number of pyridine rings is 2. The zero-order valence-corrected chi connectivity index (χ0v) is 34.0. The SMILES string of the molecule is O=C1NCCN(CCNC(=O)c2cccc(=O)n2O)CCNC(=O)c2ccc(c(O)c2O)C(=O)NCCN(CCNC(=O)c2cccc(=O)n2O)CCNC(=O)c2ccc1c(O)c2O. The summed E-state index contributed by atoms with van der Waals surface area (Å²) in [5.74, 6) is -8.34. The zero-order chi connectivity index (χ0) is 46.5. The molecule has 4 aliphatic rings. The summed E-state index contributed by atoms with van der Waals surface area (Å²) in [6.07, 6.45) is 0. The van der Waals surface area contributed by atoms with Crippen molar-refractivity contribution in [3.63, 3.8) is 0 Å². The van der Waals surface area contributed by atoms with Crippen LogP contribution in [0, 0.1) is 0 Å². The molecule has 0 spiro atoms. The molecule has 64 heavy (non-hydrogen) atoms. The summed E-state index contributed by atoms with van der Waals surface area (Å²) in [7, 11) is 0. The van der Waals surface area contributed by atoms with E-state index in [4.69, 9.17) is 0 Å². The van der Waals surface area contributed by atoms with Crippen molar-refractivity contribution in [2.45, 2.75) is 0 Å². The number of carbonyl (C=O) groups excluding carboxylic acids is 6. The van der Waals surface area contributed by atoms with Crippen LogP contribution < -0.4 is 43.0 Å². The van der Waals surface area contributed by atoms with E-state index in [-0.39, 0.29) is 122 Å². The van der Waals surface area contributed by atoms with Gasteiger partial charge in [-0.15, -0.1) is 9.46 Å². The fourth-order valence-electron chi connectivity index (χ4n) is 6.40. The predicted octanol–water partition coefficient (Wildman–Crippen LogP) is -2.60. The molecule has 2 aromatic carbocycles. The molecule has 0 radical (unpaired) electrons. The quantitative estimate of drug-likeness (QED) is 0.0638. The Balaban J connectivity index is 1.31. The lowest BCUT2D eigenvalue weighted by atomic mass is 10.1. The van der Waals surface area contributed by atoms with Gasteiger partial charge in [0, 0.05) is 90.7 Å². The van der Waals surface area contributed by atoms with Crippen LogP contribution in [0.1, 0.15) is 62.4 Å². The Morgan fingerprint density at radius 2 is 0.750 bits per heavy atom. The number of carbonyl (C=O) groups is 6. The van der Waals surface area contributed by atoms with Crippen LogP contribution >= 0.6 is 0 Å². The van der Waals surface area contributed by atoms with Crippen LogP contribution in [0.4, 0.5) is 0 Å². The summed E-state index contributed by atoms with van der Waals surface area (Å²) >= 11 is 0. The average molecular weight is 891 g/mol. The lowest BCUT2D eigenvalue weighted by Gasteiger charge is -2.23. The summed E-state index contributed by atoms with van der Waals surface area (Å²) in [5, 5.41) is 78.2. The van der Waals surface area contributed by atoms with E-state index < -0.39 is 69.6 Å². The van der Waals surface area contributed by atoms with Crippen LogP contribution in [0.2, 0.25) is 0 Å². The predicted molar refractivity (Wildman–Crippen MR) is 222 cm³/mol. The van der Waals surface area contributed by atoms with Gasteiger partial charge in [-0.1, -0.05) is 12.1 Å².